The van der Waals surface area contributed by atoms with Crippen LogP contribution in [0.2, 0.25) is 5.15 Å². The second-order valence-corrected chi connectivity index (χ2v) is 3.38. The summed E-state index contributed by atoms with van der Waals surface area (Å²) in [4.78, 5) is 0. The van der Waals surface area contributed by atoms with Gasteiger partial charge < -0.3 is 0 Å². The van der Waals surface area contributed by atoms with Crippen LogP contribution in [0.15, 0.2) is 12.1 Å². The minimum Gasteiger partial charge on any atom is -0.286 e. The van der Waals surface area contributed by atoms with Crippen LogP contribution >= 0.6 is 11.6 Å². The van der Waals surface area contributed by atoms with E-state index in [0.29, 0.717) is 5.15 Å². The first kappa shape index (κ1) is 9.92. The van der Waals surface area contributed by atoms with E-state index in [1.165, 1.54) is 16.8 Å². The van der Waals surface area contributed by atoms with Crippen LogP contribution in [0.3, 0.4) is 0 Å². The molecule has 0 radical (unpaired) electrons. The maximum atomic E-state index is 7.64. The molecule has 5 heteroatoms. The Morgan fingerprint density at radius 3 is 2.69 bits per heavy atom. The molecule has 1 aromatic heterocycles. The summed E-state index contributed by atoms with van der Waals surface area (Å²) in [5.41, 5.74) is 0.170. The molecule has 0 aromatic carbocycles. The molecule has 13 heavy (non-hydrogen) atoms. The summed E-state index contributed by atoms with van der Waals surface area (Å²) in [6, 6.07) is 3.06. The van der Waals surface area contributed by atoms with E-state index in [1.807, 2.05) is 13.8 Å². The van der Waals surface area contributed by atoms with Crippen molar-refractivity contribution in [1.29, 1.82) is 10.8 Å². The van der Waals surface area contributed by atoms with Crippen LogP contribution < -0.4 is 5.49 Å². The number of rotatable bonds is 1. The maximum absolute atomic E-state index is 7.64. The fourth-order valence-corrected chi connectivity index (χ4v) is 0.968. The van der Waals surface area contributed by atoms with Gasteiger partial charge in [0.05, 0.1) is 0 Å². The molecular weight excluding hydrogens is 188 g/mol. The third-order valence-electron chi connectivity index (χ3n) is 1.58. The fraction of sp³-hybridized carbons (Fsp3) is 0.375. The van der Waals surface area contributed by atoms with Gasteiger partial charge in [-0.2, -0.15) is 5.10 Å². The van der Waals surface area contributed by atoms with Crippen molar-refractivity contribution in [3.8, 4) is 0 Å². The molecule has 0 aliphatic carbocycles. The van der Waals surface area contributed by atoms with Gasteiger partial charge in [-0.25, -0.2) is 4.68 Å². The van der Waals surface area contributed by atoms with Crippen molar-refractivity contribution in [2.45, 2.75) is 13.8 Å². The van der Waals surface area contributed by atoms with Crippen molar-refractivity contribution in [2.24, 2.45) is 5.92 Å². The molecular formula is C8H11ClN4. The molecule has 0 aliphatic heterocycles. The Morgan fingerprint density at radius 1 is 1.54 bits per heavy atom. The van der Waals surface area contributed by atoms with E-state index in [2.05, 4.69) is 5.10 Å². The minimum atomic E-state index is 0.0278. The normalized spacial score (nSPS) is 10.5. The van der Waals surface area contributed by atoms with Crippen molar-refractivity contribution in [1.82, 2.24) is 9.78 Å². The lowest BCUT2D eigenvalue weighted by Gasteiger charge is -2.09. The van der Waals surface area contributed by atoms with Gasteiger partial charge in [0.15, 0.2) is 0 Å². The van der Waals surface area contributed by atoms with Crippen molar-refractivity contribution >= 4 is 17.4 Å². The summed E-state index contributed by atoms with van der Waals surface area (Å²) < 4.78 is 1.23. The predicted molar refractivity (Wildman–Crippen MR) is 51.1 cm³/mol. The second kappa shape index (κ2) is 3.70. The van der Waals surface area contributed by atoms with E-state index in [1.54, 1.807) is 0 Å². The highest BCUT2D eigenvalue weighted by atomic mass is 35.5. The van der Waals surface area contributed by atoms with Gasteiger partial charge >= 0.3 is 0 Å². The minimum absolute atomic E-state index is 0.0278. The lowest BCUT2D eigenvalue weighted by molar-refractivity contribution is 0.729. The standard InChI is InChI=1S/C8H11ClN4/c1-5(2)8(11)13-7(10)4-3-6(9)12-13/h3-5,10-11H,1-2H3. The van der Waals surface area contributed by atoms with E-state index >= 15 is 0 Å². The number of hydrogen-bond donors (Lipinski definition) is 2. The van der Waals surface area contributed by atoms with Gasteiger partial charge in [0.25, 0.3) is 0 Å². The van der Waals surface area contributed by atoms with Gasteiger partial charge in [-0.3, -0.25) is 10.8 Å². The molecule has 0 unspecified atom stereocenters. The molecule has 0 saturated heterocycles. The summed E-state index contributed by atoms with van der Waals surface area (Å²) in [6.45, 7) is 3.74. The molecule has 4 nitrogen and oxygen atoms in total. The molecule has 0 spiro atoms. The zero-order chi connectivity index (χ0) is 10.0. The fourth-order valence-electron chi connectivity index (χ4n) is 0.829. The van der Waals surface area contributed by atoms with E-state index in [4.69, 9.17) is 22.4 Å². The van der Waals surface area contributed by atoms with Crippen LogP contribution in [0, 0.1) is 16.7 Å². The molecule has 0 fully saturated rings. The Labute approximate surface area is 81.2 Å². The van der Waals surface area contributed by atoms with Crippen LogP contribution in [0.5, 0.6) is 0 Å². The third-order valence-corrected chi connectivity index (χ3v) is 1.78. The molecule has 1 aromatic rings. The zero-order valence-corrected chi connectivity index (χ0v) is 8.26. The molecule has 1 heterocycles. The Balaban J connectivity index is 3.21. The SMILES string of the molecule is CC(C)C(=N)n1nc(Cl)ccc1=N. The smallest absolute Gasteiger partial charge is 0.150 e. The highest BCUT2D eigenvalue weighted by Crippen LogP contribution is 2.00. The molecule has 0 amide bonds. The highest BCUT2D eigenvalue weighted by molar-refractivity contribution is 6.29. The molecule has 0 bridgehead atoms. The van der Waals surface area contributed by atoms with Gasteiger partial charge in [0, 0.05) is 5.92 Å². The Morgan fingerprint density at radius 2 is 2.15 bits per heavy atom. The van der Waals surface area contributed by atoms with E-state index in [-0.39, 0.29) is 17.2 Å². The number of nitrogens with zero attached hydrogens (tertiary/aromatic N) is 2. The van der Waals surface area contributed by atoms with Crippen LogP contribution in [-0.2, 0) is 0 Å². The van der Waals surface area contributed by atoms with Crippen molar-refractivity contribution in [3.05, 3.63) is 22.8 Å². The largest absolute Gasteiger partial charge is 0.286 e. The first-order chi connectivity index (χ1) is 6.02. The first-order valence-corrected chi connectivity index (χ1v) is 4.29. The van der Waals surface area contributed by atoms with Gasteiger partial charge in [0.2, 0.25) is 0 Å². The van der Waals surface area contributed by atoms with Crippen LogP contribution in [0.25, 0.3) is 0 Å². The average Bonchev–Trinajstić information content (AvgIpc) is 2.08. The van der Waals surface area contributed by atoms with Crippen molar-refractivity contribution in [3.63, 3.8) is 0 Å². The summed E-state index contributed by atoms with van der Waals surface area (Å²) in [7, 11) is 0. The van der Waals surface area contributed by atoms with Gasteiger partial charge in [0.1, 0.15) is 16.5 Å². The molecule has 1 rings (SSSR count). The second-order valence-electron chi connectivity index (χ2n) is 2.99. The summed E-state index contributed by atoms with van der Waals surface area (Å²) in [5.74, 6) is 0.299. The topological polar surface area (TPSA) is 65.5 Å². The van der Waals surface area contributed by atoms with Gasteiger partial charge in [-0.1, -0.05) is 25.4 Å². The Bertz CT molecular complexity index is 380. The number of nitrogens with one attached hydrogen (secondary N) is 2. The average molecular weight is 199 g/mol. The maximum Gasteiger partial charge on any atom is 0.150 e. The highest BCUT2D eigenvalue weighted by Gasteiger charge is 2.06. The van der Waals surface area contributed by atoms with E-state index in [9.17, 15) is 0 Å². The molecule has 0 atom stereocenters. The van der Waals surface area contributed by atoms with Crippen LogP contribution in [0.4, 0.5) is 0 Å². The Kier molecular flexibility index (Phi) is 2.83. The summed E-state index contributed by atoms with van der Waals surface area (Å²) in [5, 5.41) is 19.3. The van der Waals surface area contributed by atoms with Crippen LogP contribution in [0.1, 0.15) is 13.8 Å². The lowest BCUT2D eigenvalue weighted by Crippen LogP contribution is -2.31. The van der Waals surface area contributed by atoms with E-state index in [0.717, 1.165) is 0 Å². The van der Waals surface area contributed by atoms with Gasteiger partial charge in [-0.05, 0) is 12.1 Å². The van der Waals surface area contributed by atoms with Crippen LogP contribution in [-0.4, -0.2) is 15.6 Å². The Hall–Kier alpha value is -1.16. The number of aromatic nitrogens is 2. The van der Waals surface area contributed by atoms with Crippen molar-refractivity contribution < 1.29 is 0 Å². The first-order valence-electron chi connectivity index (χ1n) is 3.91. The monoisotopic (exact) mass is 198 g/mol. The molecule has 0 aliphatic rings. The number of halogens is 1. The number of hydrogen-bond acceptors (Lipinski definition) is 3. The zero-order valence-electron chi connectivity index (χ0n) is 7.50. The third kappa shape index (κ3) is 2.15. The molecule has 0 saturated carbocycles. The van der Waals surface area contributed by atoms with Crippen molar-refractivity contribution in [2.75, 3.05) is 0 Å². The quantitative estimate of drug-likeness (QED) is 0.521. The molecule has 2 N–H and O–H groups in total. The van der Waals surface area contributed by atoms with Gasteiger partial charge in [-0.15, -0.1) is 0 Å². The lowest BCUT2D eigenvalue weighted by atomic mass is 10.2. The van der Waals surface area contributed by atoms with E-state index < -0.39 is 0 Å². The summed E-state index contributed by atoms with van der Waals surface area (Å²) in [6.07, 6.45) is 0. The molecule has 70 valence electrons. The summed E-state index contributed by atoms with van der Waals surface area (Å²) >= 11 is 5.65. The predicted octanol–water partition coefficient (Wildman–Crippen LogP) is 1.50.